The minimum Gasteiger partial charge on any atom is -0.391 e. The highest BCUT2D eigenvalue weighted by Gasteiger charge is 2.19. The van der Waals surface area contributed by atoms with Crippen molar-refractivity contribution in [3.8, 4) is 0 Å². The molecule has 0 aliphatic carbocycles. The Morgan fingerprint density at radius 1 is 1.38 bits per heavy atom. The molecule has 1 aromatic rings. The minimum atomic E-state index is -0.831. The van der Waals surface area contributed by atoms with Crippen LogP contribution in [0.4, 0.5) is 0 Å². The van der Waals surface area contributed by atoms with Crippen LogP contribution in [-0.2, 0) is 0 Å². The van der Waals surface area contributed by atoms with E-state index < -0.39 is 12.1 Å². The molecule has 0 saturated heterocycles. The SMILES string of the molecule is C[C@@H](O)[C@@H](N)C(=O)c1ccccc1. The van der Waals surface area contributed by atoms with Crippen LogP contribution in [0.25, 0.3) is 0 Å². The van der Waals surface area contributed by atoms with Crippen molar-refractivity contribution < 1.29 is 9.90 Å². The van der Waals surface area contributed by atoms with Crippen molar-refractivity contribution in [3.63, 3.8) is 0 Å². The summed E-state index contributed by atoms with van der Waals surface area (Å²) in [6.07, 6.45) is -0.812. The van der Waals surface area contributed by atoms with Gasteiger partial charge in [0.15, 0.2) is 5.78 Å². The van der Waals surface area contributed by atoms with Gasteiger partial charge >= 0.3 is 0 Å². The van der Waals surface area contributed by atoms with E-state index in [-0.39, 0.29) is 5.78 Å². The van der Waals surface area contributed by atoms with Crippen LogP contribution in [-0.4, -0.2) is 23.0 Å². The standard InChI is InChI=1S/C10H13NO2/c1-7(12)9(11)10(13)8-5-3-2-4-6-8/h2-7,9,12H,11H2,1H3/t7-,9-/m1/s1. The van der Waals surface area contributed by atoms with Gasteiger partial charge in [0.25, 0.3) is 0 Å². The van der Waals surface area contributed by atoms with Gasteiger partial charge < -0.3 is 10.8 Å². The summed E-state index contributed by atoms with van der Waals surface area (Å²) in [6.45, 7) is 1.51. The summed E-state index contributed by atoms with van der Waals surface area (Å²) >= 11 is 0. The first-order valence-corrected chi connectivity index (χ1v) is 4.16. The smallest absolute Gasteiger partial charge is 0.182 e. The molecule has 0 bridgehead atoms. The van der Waals surface area contributed by atoms with Gasteiger partial charge in [0.05, 0.1) is 12.1 Å². The lowest BCUT2D eigenvalue weighted by molar-refractivity contribution is 0.0847. The molecule has 0 radical (unpaired) electrons. The fraction of sp³-hybridized carbons (Fsp3) is 0.300. The summed E-state index contributed by atoms with van der Waals surface area (Å²) < 4.78 is 0. The van der Waals surface area contributed by atoms with E-state index >= 15 is 0 Å². The molecule has 1 aromatic carbocycles. The highest BCUT2D eigenvalue weighted by molar-refractivity contribution is 6.00. The summed E-state index contributed by atoms with van der Waals surface area (Å²) in [5.41, 5.74) is 6.03. The molecule has 2 atom stereocenters. The lowest BCUT2D eigenvalue weighted by Crippen LogP contribution is -2.40. The van der Waals surface area contributed by atoms with Crippen LogP contribution >= 0.6 is 0 Å². The molecule has 70 valence electrons. The first kappa shape index (κ1) is 9.89. The number of aliphatic hydroxyl groups excluding tert-OH is 1. The zero-order valence-corrected chi connectivity index (χ0v) is 7.47. The molecule has 0 heterocycles. The number of carbonyl (C=O) groups excluding carboxylic acids is 1. The van der Waals surface area contributed by atoms with Crippen molar-refractivity contribution >= 4 is 5.78 Å². The first-order valence-electron chi connectivity index (χ1n) is 4.16. The van der Waals surface area contributed by atoms with Crippen LogP contribution in [0.5, 0.6) is 0 Å². The molecular formula is C10H13NO2. The maximum absolute atomic E-state index is 11.5. The molecule has 0 spiro atoms. The van der Waals surface area contributed by atoms with Gasteiger partial charge in [0.1, 0.15) is 0 Å². The Labute approximate surface area is 77.2 Å². The van der Waals surface area contributed by atoms with E-state index in [1.807, 2.05) is 6.07 Å². The molecule has 0 fully saturated rings. The lowest BCUT2D eigenvalue weighted by atomic mass is 10.0. The Balaban J connectivity index is 2.80. The van der Waals surface area contributed by atoms with E-state index in [1.54, 1.807) is 24.3 Å². The second-order valence-electron chi connectivity index (χ2n) is 3.00. The zero-order valence-electron chi connectivity index (χ0n) is 7.47. The van der Waals surface area contributed by atoms with Crippen LogP contribution in [0.3, 0.4) is 0 Å². The number of hydrogen-bond donors (Lipinski definition) is 2. The van der Waals surface area contributed by atoms with Gasteiger partial charge in [0.2, 0.25) is 0 Å². The molecule has 1 rings (SSSR count). The quantitative estimate of drug-likeness (QED) is 0.667. The van der Waals surface area contributed by atoms with E-state index in [0.717, 1.165) is 0 Å². The molecule has 0 aliphatic heterocycles. The molecule has 3 N–H and O–H groups in total. The van der Waals surface area contributed by atoms with Crippen LogP contribution in [0.2, 0.25) is 0 Å². The van der Waals surface area contributed by atoms with E-state index in [0.29, 0.717) is 5.56 Å². The second kappa shape index (κ2) is 4.16. The molecule has 3 heteroatoms. The number of ketones is 1. The number of rotatable bonds is 3. The fourth-order valence-electron chi connectivity index (χ4n) is 1.01. The van der Waals surface area contributed by atoms with Gasteiger partial charge in [-0.1, -0.05) is 30.3 Å². The van der Waals surface area contributed by atoms with Crippen molar-refractivity contribution in [1.29, 1.82) is 0 Å². The van der Waals surface area contributed by atoms with Crippen molar-refractivity contribution in [2.24, 2.45) is 5.73 Å². The normalized spacial score (nSPS) is 15.0. The Morgan fingerprint density at radius 2 is 1.92 bits per heavy atom. The number of hydrogen-bond acceptors (Lipinski definition) is 3. The number of nitrogens with two attached hydrogens (primary N) is 1. The van der Waals surface area contributed by atoms with Gasteiger partial charge in [-0.25, -0.2) is 0 Å². The topological polar surface area (TPSA) is 63.3 Å². The second-order valence-corrected chi connectivity index (χ2v) is 3.00. The third kappa shape index (κ3) is 2.37. The summed E-state index contributed by atoms with van der Waals surface area (Å²) in [5, 5.41) is 9.11. The molecule has 3 nitrogen and oxygen atoms in total. The predicted octanol–water partition coefficient (Wildman–Crippen LogP) is 0.577. The minimum absolute atomic E-state index is 0.226. The average Bonchev–Trinajstić information content (AvgIpc) is 2.17. The van der Waals surface area contributed by atoms with E-state index in [1.165, 1.54) is 6.92 Å². The number of carbonyl (C=O) groups is 1. The molecule has 0 unspecified atom stereocenters. The Hall–Kier alpha value is -1.19. The number of aliphatic hydroxyl groups is 1. The lowest BCUT2D eigenvalue weighted by Gasteiger charge is -2.12. The van der Waals surface area contributed by atoms with E-state index in [2.05, 4.69) is 0 Å². The third-order valence-corrected chi connectivity index (χ3v) is 1.88. The first-order chi connectivity index (χ1) is 6.13. The molecule has 13 heavy (non-hydrogen) atoms. The number of benzene rings is 1. The molecule has 0 amide bonds. The van der Waals surface area contributed by atoms with Crippen LogP contribution < -0.4 is 5.73 Å². The predicted molar refractivity (Wildman–Crippen MR) is 50.4 cm³/mol. The third-order valence-electron chi connectivity index (χ3n) is 1.88. The van der Waals surface area contributed by atoms with Crippen molar-refractivity contribution in [2.45, 2.75) is 19.1 Å². The number of Topliss-reactive ketones (excluding diaryl/α,β-unsaturated/α-hetero) is 1. The molecule has 0 aliphatic rings. The molecule has 0 saturated carbocycles. The van der Waals surface area contributed by atoms with Crippen molar-refractivity contribution in [3.05, 3.63) is 35.9 Å². The summed E-state index contributed by atoms with van der Waals surface area (Å²) in [5.74, 6) is -0.226. The Kier molecular flexibility index (Phi) is 3.17. The van der Waals surface area contributed by atoms with Crippen molar-refractivity contribution in [2.75, 3.05) is 0 Å². The van der Waals surface area contributed by atoms with E-state index in [4.69, 9.17) is 10.8 Å². The summed E-state index contributed by atoms with van der Waals surface area (Å²) in [6, 6.07) is 7.89. The van der Waals surface area contributed by atoms with Gasteiger partial charge in [0, 0.05) is 5.56 Å². The largest absolute Gasteiger partial charge is 0.391 e. The summed E-state index contributed by atoms with van der Waals surface area (Å²) in [4.78, 5) is 11.5. The van der Waals surface area contributed by atoms with Gasteiger partial charge in [-0.15, -0.1) is 0 Å². The molecule has 0 aromatic heterocycles. The highest BCUT2D eigenvalue weighted by Crippen LogP contribution is 2.04. The monoisotopic (exact) mass is 179 g/mol. The van der Waals surface area contributed by atoms with Gasteiger partial charge in [-0.3, -0.25) is 4.79 Å². The highest BCUT2D eigenvalue weighted by atomic mass is 16.3. The van der Waals surface area contributed by atoms with Crippen LogP contribution in [0.1, 0.15) is 17.3 Å². The fourth-order valence-corrected chi connectivity index (χ4v) is 1.01. The summed E-state index contributed by atoms with van der Waals surface area (Å²) in [7, 11) is 0. The maximum atomic E-state index is 11.5. The Bertz CT molecular complexity index is 282. The van der Waals surface area contributed by atoms with Crippen LogP contribution in [0.15, 0.2) is 30.3 Å². The van der Waals surface area contributed by atoms with Gasteiger partial charge in [-0.2, -0.15) is 0 Å². The van der Waals surface area contributed by atoms with Gasteiger partial charge in [-0.05, 0) is 6.92 Å². The average molecular weight is 179 g/mol. The maximum Gasteiger partial charge on any atom is 0.182 e. The van der Waals surface area contributed by atoms with Crippen LogP contribution in [0, 0.1) is 0 Å². The molecular weight excluding hydrogens is 166 g/mol. The van der Waals surface area contributed by atoms with Crippen molar-refractivity contribution in [1.82, 2.24) is 0 Å². The zero-order chi connectivity index (χ0) is 9.84. The Morgan fingerprint density at radius 3 is 2.38 bits per heavy atom. The van der Waals surface area contributed by atoms with E-state index in [9.17, 15) is 4.79 Å².